The van der Waals surface area contributed by atoms with Crippen molar-refractivity contribution in [2.24, 2.45) is 11.3 Å². The van der Waals surface area contributed by atoms with Crippen LogP contribution >= 0.6 is 0 Å². The molecule has 5 N–H and O–H groups in total. The third-order valence-electron chi connectivity index (χ3n) is 4.70. The van der Waals surface area contributed by atoms with Crippen molar-refractivity contribution >= 4 is 11.9 Å². The summed E-state index contributed by atoms with van der Waals surface area (Å²) in [4.78, 5) is 22.0. The molecule has 9 heteroatoms. The van der Waals surface area contributed by atoms with E-state index in [1.165, 1.54) is 0 Å². The Kier molecular flexibility index (Phi) is 3.22. The van der Waals surface area contributed by atoms with Crippen molar-refractivity contribution in [1.29, 1.82) is 0 Å². The SMILES string of the molecule is CC(CC(=O)O)O[C@@H]1N[C@@H]2C(O1)C1(C(=O)O)C(O)C(O)C21. The molecule has 21 heavy (non-hydrogen) atoms. The molecule has 3 aliphatic rings. The predicted molar refractivity (Wildman–Crippen MR) is 64.0 cm³/mol. The molecular weight excluding hydrogens is 286 g/mol. The minimum Gasteiger partial charge on any atom is -0.481 e. The van der Waals surface area contributed by atoms with Crippen LogP contribution in [0.1, 0.15) is 13.3 Å². The van der Waals surface area contributed by atoms with E-state index in [1.807, 2.05) is 0 Å². The van der Waals surface area contributed by atoms with E-state index in [2.05, 4.69) is 5.32 Å². The molecule has 0 spiro atoms. The first-order chi connectivity index (χ1) is 9.80. The molecule has 3 fully saturated rings. The Morgan fingerprint density at radius 2 is 2.05 bits per heavy atom. The van der Waals surface area contributed by atoms with Crippen LogP contribution < -0.4 is 5.32 Å². The van der Waals surface area contributed by atoms with Crippen LogP contribution in [0.2, 0.25) is 0 Å². The van der Waals surface area contributed by atoms with Gasteiger partial charge in [-0.2, -0.15) is 0 Å². The van der Waals surface area contributed by atoms with E-state index in [-0.39, 0.29) is 6.42 Å². The van der Waals surface area contributed by atoms with E-state index in [1.54, 1.807) is 6.92 Å². The monoisotopic (exact) mass is 303 g/mol. The molecule has 1 heterocycles. The second kappa shape index (κ2) is 4.62. The first kappa shape index (κ1) is 14.7. The second-order valence-corrected chi connectivity index (χ2v) is 5.83. The normalized spacial score (nSPS) is 48.5. The molecular formula is C12H17NO8. The highest BCUT2D eigenvalue weighted by atomic mass is 16.7. The van der Waals surface area contributed by atoms with Gasteiger partial charge in [0.15, 0.2) is 0 Å². The van der Waals surface area contributed by atoms with Crippen molar-refractivity contribution in [1.82, 2.24) is 5.32 Å². The van der Waals surface area contributed by atoms with Gasteiger partial charge < -0.3 is 29.9 Å². The van der Waals surface area contributed by atoms with Crippen LogP contribution in [0.5, 0.6) is 0 Å². The summed E-state index contributed by atoms with van der Waals surface area (Å²) < 4.78 is 10.8. The highest BCUT2D eigenvalue weighted by Gasteiger charge is 2.83. The third kappa shape index (κ3) is 1.75. The van der Waals surface area contributed by atoms with Crippen molar-refractivity contribution < 1.29 is 39.5 Å². The number of hydrogen-bond acceptors (Lipinski definition) is 7. The summed E-state index contributed by atoms with van der Waals surface area (Å²) in [7, 11) is 0. The quantitative estimate of drug-likeness (QED) is 0.387. The third-order valence-corrected chi connectivity index (χ3v) is 4.70. The van der Waals surface area contributed by atoms with Crippen LogP contribution in [0.15, 0.2) is 0 Å². The van der Waals surface area contributed by atoms with Gasteiger partial charge in [-0.15, -0.1) is 0 Å². The Bertz CT molecular complexity index is 484. The molecule has 0 bridgehead atoms. The minimum atomic E-state index is -1.51. The molecule has 2 aliphatic carbocycles. The van der Waals surface area contributed by atoms with Crippen LogP contribution in [-0.4, -0.2) is 69.2 Å². The molecule has 0 aromatic heterocycles. The molecule has 3 rings (SSSR count). The number of ether oxygens (including phenoxy) is 2. The van der Waals surface area contributed by atoms with Gasteiger partial charge in [0.25, 0.3) is 0 Å². The predicted octanol–water partition coefficient (Wildman–Crippen LogP) is -2.06. The average Bonchev–Trinajstić information content (AvgIpc) is 2.68. The summed E-state index contributed by atoms with van der Waals surface area (Å²) in [6.45, 7) is 1.56. The number of aliphatic carboxylic acids is 2. The highest BCUT2D eigenvalue weighted by Crippen LogP contribution is 2.64. The first-order valence-electron chi connectivity index (χ1n) is 6.68. The van der Waals surface area contributed by atoms with E-state index in [9.17, 15) is 24.9 Å². The Morgan fingerprint density at radius 3 is 2.62 bits per heavy atom. The molecule has 1 saturated heterocycles. The largest absolute Gasteiger partial charge is 0.481 e. The maximum Gasteiger partial charge on any atom is 0.315 e. The summed E-state index contributed by atoms with van der Waals surface area (Å²) >= 11 is 0. The molecule has 1 aliphatic heterocycles. The average molecular weight is 303 g/mol. The summed E-state index contributed by atoms with van der Waals surface area (Å²) in [5.74, 6) is -2.87. The number of carbonyl (C=O) groups is 2. The topological polar surface area (TPSA) is 146 Å². The number of aliphatic hydroxyl groups is 2. The molecule has 0 radical (unpaired) electrons. The zero-order valence-corrected chi connectivity index (χ0v) is 11.2. The lowest BCUT2D eigenvalue weighted by Gasteiger charge is -2.66. The maximum atomic E-state index is 11.4. The molecule has 118 valence electrons. The van der Waals surface area contributed by atoms with Crippen LogP contribution in [-0.2, 0) is 19.1 Å². The fourth-order valence-corrected chi connectivity index (χ4v) is 3.76. The van der Waals surface area contributed by atoms with Crippen LogP contribution in [0.25, 0.3) is 0 Å². The summed E-state index contributed by atoms with van der Waals surface area (Å²) in [6, 6.07) is -0.429. The highest BCUT2D eigenvalue weighted by molar-refractivity contribution is 5.81. The Morgan fingerprint density at radius 1 is 1.38 bits per heavy atom. The van der Waals surface area contributed by atoms with Crippen LogP contribution in [0.4, 0.5) is 0 Å². The van der Waals surface area contributed by atoms with Crippen molar-refractivity contribution in [3.63, 3.8) is 0 Å². The number of rotatable bonds is 5. The maximum absolute atomic E-state index is 11.4. The second-order valence-electron chi connectivity index (χ2n) is 5.83. The molecule has 8 atom stereocenters. The smallest absolute Gasteiger partial charge is 0.315 e. The number of hydrogen-bond donors (Lipinski definition) is 5. The van der Waals surface area contributed by atoms with Crippen molar-refractivity contribution in [3.05, 3.63) is 0 Å². The molecule has 6 unspecified atom stereocenters. The van der Waals surface area contributed by atoms with Gasteiger partial charge in [-0.05, 0) is 6.92 Å². The van der Waals surface area contributed by atoms with Gasteiger partial charge in [0.05, 0.1) is 30.8 Å². The number of carboxylic acids is 2. The summed E-state index contributed by atoms with van der Waals surface area (Å²) in [5.41, 5.74) is -1.51. The van der Waals surface area contributed by atoms with Gasteiger partial charge in [0.1, 0.15) is 5.41 Å². The van der Waals surface area contributed by atoms with Crippen LogP contribution in [0.3, 0.4) is 0 Å². The van der Waals surface area contributed by atoms with Crippen molar-refractivity contribution in [2.45, 2.75) is 50.2 Å². The molecule has 0 aromatic rings. The Hall–Kier alpha value is -1.26. The van der Waals surface area contributed by atoms with Gasteiger partial charge >= 0.3 is 11.9 Å². The zero-order chi connectivity index (χ0) is 15.5. The van der Waals surface area contributed by atoms with Crippen molar-refractivity contribution in [2.75, 3.05) is 0 Å². The van der Waals surface area contributed by atoms with Crippen molar-refractivity contribution in [3.8, 4) is 0 Å². The Labute approximate surface area is 119 Å². The number of carboxylic acid groups (broad SMARTS) is 2. The summed E-state index contributed by atoms with van der Waals surface area (Å²) in [6.07, 6.45) is -5.08. The zero-order valence-electron chi connectivity index (χ0n) is 11.2. The first-order valence-corrected chi connectivity index (χ1v) is 6.68. The fraction of sp³-hybridized carbons (Fsp3) is 0.833. The molecule has 9 nitrogen and oxygen atoms in total. The van der Waals surface area contributed by atoms with Gasteiger partial charge in [-0.3, -0.25) is 14.9 Å². The summed E-state index contributed by atoms with van der Waals surface area (Å²) in [5, 5.41) is 40.4. The lowest BCUT2D eigenvalue weighted by Crippen LogP contribution is -2.86. The number of fused-ring (bicyclic) bond motifs is 4. The van der Waals surface area contributed by atoms with Crippen LogP contribution in [0, 0.1) is 11.3 Å². The number of aliphatic hydroxyl groups excluding tert-OH is 2. The Balaban J connectivity index is 1.67. The molecule has 0 amide bonds. The van der Waals surface area contributed by atoms with E-state index < -0.39 is 60.1 Å². The van der Waals surface area contributed by atoms with E-state index in [0.29, 0.717) is 0 Å². The number of nitrogens with one attached hydrogen (secondary N) is 1. The fourth-order valence-electron chi connectivity index (χ4n) is 3.76. The standard InChI is InChI=1S/C12H17NO8/c1-3(2-4(14)15)20-11-13-6-5-7(16)8(17)12(5,10(18)19)9(6)21-11/h3,5-9,11,13,16-17H,2H2,1H3,(H,14,15)(H,18,19)/t3?,5?,6-,7?,8?,9?,11-,12?/m0/s1. The molecule has 2 saturated carbocycles. The molecule has 0 aromatic carbocycles. The van der Waals surface area contributed by atoms with Gasteiger partial charge in [-0.25, -0.2) is 0 Å². The van der Waals surface area contributed by atoms with Gasteiger partial charge in [0, 0.05) is 12.0 Å². The lowest BCUT2D eigenvalue weighted by molar-refractivity contribution is -0.321. The minimum absolute atomic E-state index is 0.213. The van der Waals surface area contributed by atoms with E-state index in [4.69, 9.17) is 14.6 Å². The lowest BCUT2D eigenvalue weighted by atomic mass is 9.40. The van der Waals surface area contributed by atoms with Gasteiger partial charge in [0.2, 0.25) is 6.41 Å². The van der Waals surface area contributed by atoms with E-state index in [0.717, 1.165) is 0 Å². The van der Waals surface area contributed by atoms with Gasteiger partial charge in [-0.1, -0.05) is 0 Å². The van der Waals surface area contributed by atoms with E-state index >= 15 is 0 Å².